The second kappa shape index (κ2) is 7.84. The Morgan fingerprint density at radius 3 is 2.19 bits per heavy atom. The molecular formula is C19H25NO. The van der Waals surface area contributed by atoms with E-state index in [1.165, 1.54) is 11.1 Å². The van der Waals surface area contributed by atoms with Crippen molar-refractivity contribution < 1.29 is 4.74 Å². The van der Waals surface area contributed by atoms with Crippen LogP contribution in [0.25, 0.3) is 0 Å². The SMILES string of the molecule is CCOc1ccc(C(C)NCC(C)c2ccccc2)cc1. The molecule has 1 N–H and O–H groups in total. The predicted octanol–water partition coefficient (Wildman–Crippen LogP) is 4.54. The molecule has 2 nitrogen and oxygen atoms in total. The van der Waals surface area contributed by atoms with Gasteiger partial charge in [-0.05, 0) is 43.0 Å². The summed E-state index contributed by atoms with van der Waals surface area (Å²) in [4.78, 5) is 0. The molecule has 0 spiro atoms. The van der Waals surface area contributed by atoms with Gasteiger partial charge in [0.05, 0.1) is 6.61 Å². The lowest BCUT2D eigenvalue weighted by molar-refractivity contribution is 0.340. The van der Waals surface area contributed by atoms with E-state index in [2.05, 4.69) is 61.6 Å². The molecule has 0 saturated heterocycles. The lowest BCUT2D eigenvalue weighted by atomic mass is 10.0. The Kier molecular flexibility index (Phi) is 5.82. The first kappa shape index (κ1) is 15.6. The van der Waals surface area contributed by atoms with Gasteiger partial charge in [0.15, 0.2) is 0 Å². The van der Waals surface area contributed by atoms with Crippen LogP contribution in [0.15, 0.2) is 54.6 Å². The summed E-state index contributed by atoms with van der Waals surface area (Å²) in [5.74, 6) is 1.45. The van der Waals surface area contributed by atoms with Crippen LogP contribution >= 0.6 is 0 Å². The van der Waals surface area contributed by atoms with Crippen molar-refractivity contribution in [2.75, 3.05) is 13.2 Å². The third-order valence-electron chi connectivity index (χ3n) is 3.79. The summed E-state index contributed by atoms with van der Waals surface area (Å²) in [6.07, 6.45) is 0. The first-order valence-electron chi connectivity index (χ1n) is 7.71. The maximum atomic E-state index is 5.48. The van der Waals surface area contributed by atoms with Crippen molar-refractivity contribution in [2.45, 2.75) is 32.7 Å². The molecule has 2 aromatic rings. The summed E-state index contributed by atoms with van der Waals surface area (Å²) in [6.45, 7) is 8.14. The highest BCUT2D eigenvalue weighted by Gasteiger charge is 2.09. The second-order valence-corrected chi connectivity index (χ2v) is 5.44. The van der Waals surface area contributed by atoms with Gasteiger partial charge in [0.2, 0.25) is 0 Å². The fraction of sp³-hybridized carbons (Fsp3) is 0.368. The van der Waals surface area contributed by atoms with Crippen molar-refractivity contribution >= 4 is 0 Å². The highest BCUT2D eigenvalue weighted by Crippen LogP contribution is 2.19. The number of hydrogen-bond donors (Lipinski definition) is 1. The summed E-state index contributed by atoms with van der Waals surface area (Å²) in [5, 5.41) is 3.61. The molecule has 0 bridgehead atoms. The van der Waals surface area contributed by atoms with Gasteiger partial charge in [0.25, 0.3) is 0 Å². The maximum absolute atomic E-state index is 5.48. The zero-order valence-corrected chi connectivity index (χ0v) is 13.2. The maximum Gasteiger partial charge on any atom is 0.119 e. The molecule has 2 rings (SSSR count). The molecule has 0 aromatic heterocycles. The van der Waals surface area contributed by atoms with Crippen molar-refractivity contribution in [3.05, 3.63) is 65.7 Å². The van der Waals surface area contributed by atoms with Gasteiger partial charge in [-0.3, -0.25) is 0 Å². The van der Waals surface area contributed by atoms with E-state index in [-0.39, 0.29) is 0 Å². The molecule has 2 atom stereocenters. The van der Waals surface area contributed by atoms with E-state index in [0.717, 1.165) is 12.3 Å². The topological polar surface area (TPSA) is 21.3 Å². The number of benzene rings is 2. The van der Waals surface area contributed by atoms with Crippen molar-refractivity contribution in [1.29, 1.82) is 0 Å². The van der Waals surface area contributed by atoms with Gasteiger partial charge in [-0.25, -0.2) is 0 Å². The number of hydrogen-bond acceptors (Lipinski definition) is 2. The Labute approximate surface area is 128 Å². The summed E-state index contributed by atoms with van der Waals surface area (Å²) in [5.41, 5.74) is 2.67. The van der Waals surface area contributed by atoms with Crippen LogP contribution in [0.3, 0.4) is 0 Å². The molecule has 0 saturated carbocycles. The quantitative estimate of drug-likeness (QED) is 0.805. The average Bonchev–Trinajstić information content (AvgIpc) is 2.54. The normalized spacial score (nSPS) is 13.7. The van der Waals surface area contributed by atoms with E-state index >= 15 is 0 Å². The molecule has 112 valence electrons. The van der Waals surface area contributed by atoms with Gasteiger partial charge < -0.3 is 10.1 Å². The smallest absolute Gasteiger partial charge is 0.119 e. The highest BCUT2D eigenvalue weighted by molar-refractivity contribution is 5.29. The Morgan fingerprint density at radius 1 is 0.905 bits per heavy atom. The van der Waals surface area contributed by atoms with Crippen molar-refractivity contribution in [3.8, 4) is 5.75 Å². The molecule has 2 unspecified atom stereocenters. The molecule has 2 heteroatoms. The van der Waals surface area contributed by atoms with E-state index in [1.807, 2.05) is 19.1 Å². The van der Waals surface area contributed by atoms with E-state index in [9.17, 15) is 0 Å². The first-order valence-corrected chi connectivity index (χ1v) is 7.71. The molecule has 0 radical (unpaired) electrons. The van der Waals surface area contributed by atoms with Crippen molar-refractivity contribution in [2.24, 2.45) is 0 Å². The molecule has 0 fully saturated rings. The Balaban J connectivity index is 1.88. The third-order valence-corrected chi connectivity index (χ3v) is 3.79. The lowest BCUT2D eigenvalue weighted by Gasteiger charge is -2.18. The van der Waals surface area contributed by atoms with Crippen molar-refractivity contribution in [3.63, 3.8) is 0 Å². The Morgan fingerprint density at radius 2 is 1.57 bits per heavy atom. The first-order chi connectivity index (χ1) is 10.2. The van der Waals surface area contributed by atoms with Crippen LogP contribution < -0.4 is 10.1 Å². The molecule has 0 heterocycles. The Bertz CT molecular complexity index is 521. The van der Waals surface area contributed by atoms with E-state index in [0.29, 0.717) is 18.6 Å². The van der Waals surface area contributed by atoms with Gasteiger partial charge in [0.1, 0.15) is 5.75 Å². The highest BCUT2D eigenvalue weighted by atomic mass is 16.5. The van der Waals surface area contributed by atoms with Crippen LogP contribution in [0.1, 0.15) is 43.9 Å². The minimum absolute atomic E-state index is 0.340. The molecular weight excluding hydrogens is 258 g/mol. The van der Waals surface area contributed by atoms with Crippen LogP contribution in [0.4, 0.5) is 0 Å². The molecule has 21 heavy (non-hydrogen) atoms. The minimum atomic E-state index is 0.340. The fourth-order valence-corrected chi connectivity index (χ4v) is 2.39. The molecule has 0 aliphatic rings. The zero-order valence-electron chi connectivity index (χ0n) is 13.2. The lowest BCUT2D eigenvalue weighted by Crippen LogP contribution is -2.23. The van der Waals surface area contributed by atoms with E-state index in [4.69, 9.17) is 4.74 Å². The second-order valence-electron chi connectivity index (χ2n) is 5.44. The summed E-state index contributed by atoms with van der Waals surface area (Å²) in [6, 6.07) is 19.3. The number of nitrogens with one attached hydrogen (secondary N) is 1. The monoisotopic (exact) mass is 283 g/mol. The minimum Gasteiger partial charge on any atom is -0.494 e. The van der Waals surface area contributed by atoms with Crippen molar-refractivity contribution in [1.82, 2.24) is 5.32 Å². The summed E-state index contributed by atoms with van der Waals surface area (Å²) < 4.78 is 5.48. The van der Waals surface area contributed by atoms with E-state index in [1.54, 1.807) is 0 Å². The van der Waals surface area contributed by atoms with Crippen LogP contribution in [0, 0.1) is 0 Å². The number of ether oxygens (including phenoxy) is 1. The zero-order chi connectivity index (χ0) is 15.1. The standard InChI is InChI=1S/C19H25NO/c1-4-21-19-12-10-18(11-13-19)16(3)20-14-15(2)17-8-6-5-7-9-17/h5-13,15-16,20H,4,14H2,1-3H3. The third kappa shape index (κ3) is 4.61. The van der Waals surface area contributed by atoms with Gasteiger partial charge in [0, 0.05) is 12.6 Å². The fourth-order valence-electron chi connectivity index (χ4n) is 2.39. The van der Waals surface area contributed by atoms with Gasteiger partial charge in [-0.2, -0.15) is 0 Å². The van der Waals surface area contributed by atoms with Crippen LogP contribution in [-0.2, 0) is 0 Å². The number of rotatable bonds is 7. The summed E-state index contributed by atoms with van der Waals surface area (Å²) in [7, 11) is 0. The van der Waals surface area contributed by atoms with Crippen LogP contribution in [0.5, 0.6) is 5.75 Å². The van der Waals surface area contributed by atoms with E-state index < -0.39 is 0 Å². The molecule has 2 aromatic carbocycles. The average molecular weight is 283 g/mol. The predicted molar refractivity (Wildman–Crippen MR) is 88.9 cm³/mol. The molecule has 0 amide bonds. The van der Waals surface area contributed by atoms with Crippen LogP contribution in [0.2, 0.25) is 0 Å². The van der Waals surface area contributed by atoms with Gasteiger partial charge >= 0.3 is 0 Å². The van der Waals surface area contributed by atoms with Crippen LogP contribution in [-0.4, -0.2) is 13.2 Å². The Hall–Kier alpha value is -1.80. The molecule has 0 aliphatic heterocycles. The largest absolute Gasteiger partial charge is 0.494 e. The summed E-state index contributed by atoms with van der Waals surface area (Å²) >= 11 is 0. The van der Waals surface area contributed by atoms with Gasteiger partial charge in [-0.1, -0.05) is 49.4 Å². The van der Waals surface area contributed by atoms with Gasteiger partial charge in [-0.15, -0.1) is 0 Å². The molecule has 0 aliphatic carbocycles.